The van der Waals surface area contributed by atoms with Crippen LogP contribution in [0.15, 0.2) is 24.5 Å². The largest absolute Gasteiger partial charge is 0.481 e. The zero-order chi connectivity index (χ0) is 19.7. The van der Waals surface area contributed by atoms with Crippen molar-refractivity contribution in [2.45, 2.75) is 24.5 Å². The molecule has 5 atom stereocenters. The second kappa shape index (κ2) is 7.79. The third-order valence-corrected chi connectivity index (χ3v) is 5.50. The molecule has 1 aromatic rings. The lowest BCUT2D eigenvalue weighted by molar-refractivity contribution is -0.765. The van der Waals surface area contributed by atoms with E-state index in [0.717, 1.165) is 0 Å². The molecular weight excluding hydrogens is 398 g/mol. The summed E-state index contributed by atoms with van der Waals surface area (Å²) in [6.07, 6.45) is -2.90. The van der Waals surface area contributed by atoms with Gasteiger partial charge >= 0.3 is 15.6 Å². The number of nitrogens with two attached hydrogens (primary N) is 1. The zero-order valence-corrected chi connectivity index (χ0v) is 14.7. The number of amides is 1. The molecule has 1 amide bonds. The summed E-state index contributed by atoms with van der Waals surface area (Å²) < 4.78 is 36.5. The molecule has 0 saturated carbocycles. The van der Waals surface area contributed by atoms with Crippen molar-refractivity contribution >= 4 is 21.6 Å². The maximum Gasteiger partial charge on any atom is 0.481 e. The van der Waals surface area contributed by atoms with Crippen molar-refractivity contribution in [2.75, 3.05) is 6.61 Å². The van der Waals surface area contributed by atoms with Gasteiger partial charge in [-0.25, -0.2) is 9.13 Å². The third kappa shape index (κ3) is 5.38. The van der Waals surface area contributed by atoms with E-state index in [-0.39, 0.29) is 5.56 Å². The zero-order valence-electron chi connectivity index (χ0n) is 12.9. The highest BCUT2D eigenvalue weighted by atomic mass is 31.3. The number of hydrogen-bond donors (Lipinski definition) is 6. The summed E-state index contributed by atoms with van der Waals surface area (Å²) in [6.45, 7) is -0.821. The highest BCUT2D eigenvalue weighted by Crippen LogP contribution is 2.57. The Labute approximate surface area is 146 Å². The van der Waals surface area contributed by atoms with E-state index in [1.54, 1.807) is 0 Å². The average molecular weight is 415 g/mol. The number of phosphoric ester groups is 1. The van der Waals surface area contributed by atoms with E-state index in [1.165, 1.54) is 29.1 Å². The molecule has 15 heteroatoms. The van der Waals surface area contributed by atoms with Crippen molar-refractivity contribution in [1.82, 2.24) is 0 Å². The number of rotatable bonds is 7. The number of nitrogens with zero attached hydrogens (tertiary/aromatic N) is 1. The van der Waals surface area contributed by atoms with Crippen LogP contribution in [0.3, 0.4) is 0 Å². The molecule has 0 aromatic carbocycles. The first-order valence-electron chi connectivity index (χ1n) is 6.96. The van der Waals surface area contributed by atoms with Gasteiger partial charge in [0.1, 0.15) is 17.8 Å². The summed E-state index contributed by atoms with van der Waals surface area (Å²) in [5, 5.41) is 20.0. The number of carbonyl (C=O) groups excluding carboxylic acids is 1. The van der Waals surface area contributed by atoms with Crippen LogP contribution in [0.2, 0.25) is 0 Å². The van der Waals surface area contributed by atoms with Crippen molar-refractivity contribution in [2.24, 2.45) is 5.73 Å². The molecule has 1 saturated heterocycles. The van der Waals surface area contributed by atoms with E-state index in [1.807, 2.05) is 0 Å². The summed E-state index contributed by atoms with van der Waals surface area (Å²) in [4.78, 5) is 37.4. The number of phosphoric acid groups is 2. The Morgan fingerprint density at radius 2 is 1.92 bits per heavy atom. The second-order valence-electron chi connectivity index (χ2n) is 5.29. The lowest BCUT2D eigenvalue weighted by Crippen LogP contribution is -2.46. The number of hydrogen-bond acceptors (Lipinski definition) is 8. The van der Waals surface area contributed by atoms with Crippen LogP contribution in [0.25, 0.3) is 0 Å². The van der Waals surface area contributed by atoms with Crippen LogP contribution in [0, 0.1) is 0 Å². The molecule has 1 unspecified atom stereocenters. The van der Waals surface area contributed by atoms with Crippen LogP contribution in [0.4, 0.5) is 0 Å². The van der Waals surface area contributed by atoms with E-state index in [0.29, 0.717) is 0 Å². The lowest BCUT2D eigenvalue weighted by Gasteiger charge is -2.16. The number of aliphatic hydroxyl groups excluding tert-OH is 2. The molecular formula is C11H17N2O11P2+. The van der Waals surface area contributed by atoms with Gasteiger partial charge in [0.05, 0.1) is 6.61 Å². The smallest absolute Gasteiger partial charge is 0.387 e. The van der Waals surface area contributed by atoms with Gasteiger partial charge in [-0.1, -0.05) is 0 Å². The predicted molar refractivity (Wildman–Crippen MR) is 80.0 cm³/mol. The molecule has 0 spiro atoms. The first kappa shape index (κ1) is 21.1. The minimum absolute atomic E-state index is 0.104. The second-order valence-corrected chi connectivity index (χ2v) is 8.12. The topological polar surface area (TPSA) is 210 Å². The van der Waals surface area contributed by atoms with Crippen molar-refractivity contribution < 1.29 is 57.0 Å². The molecule has 1 aliphatic rings. The van der Waals surface area contributed by atoms with Crippen molar-refractivity contribution in [3.05, 3.63) is 30.1 Å². The van der Waals surface area contributed by atoms with E-state index >= 15 is 0 Å². The lowest BCUT2D eigenvalue weighted by atomic mass is 10.1. The molecule has 2 rings (SSSR count). The fourth-order valence-corrected chi connectivity index (χ4v) is 3.83. The summed E-state index contributed by atoms with van der Waals surface area (Å²) in [6, 6.07) is 2.86. The van der Waals surface area contributed by atoms with Crippen molar-refractivity contribution in [1.29, 1.82) is 0 Å². The number of ether oxygens (including phenoxy) is 1. The van der Waals surface area contributed by atoms with Gasteiger partial charge in [-0.2, -0.15) is 8.88 Å². The number of aromatic nitrogens is 1. The third-order valence-electron chi connectivity index (χ3n) is 3.35. The molecule has 1 fully saturated rings. The Morgan fingerprint density at radius 3 is 2.50 bits per heavy atom. The maximum atomic E-state index is 11.4. The van der Waals surface area contributed by atoms with Gasteiger partial charge in [0.15, 0.2) is 18.5 Å². The number of primary amides is 1. The number of carbonyl (C=O) groups is 1. The highest BCUT2D eigenvalue weighted by molar-refractivity contribution is 7.60. The fraction of sp³-hybridized carbons (Fsp3) is 0.455. The Kier molecular flexibility index (Phi) is 6.31. The van der Waals surface area contributed by atoms with Gasteiger partial charge < -0.3 is 35.4 Å². The van der Waals surface area contributed by atoms with Gasteiger partial charge in [0, 0.05) is 6.07 Å². The van der Waals surface area contributed by atoms with Crippen LogP contribution < -0.4 is 10.3 Å². The Hall–Kier alpha value is -1.24. The van der Waals surface area contributed by atoms with Crippen molar-refractivity contribution in [3.8, 4) is 0 Å². The summed E-state index contributed by atoms with van der Waals surface area (Å²) in [5.41, 5.74) is 5.26. The van der Waals surface area contributed by atoms with Gasteiger partial charge in [-0.15, -0.1) is 0 Å². The normalized spacial score (nSPS) is 28.7. The minimum Gasteiger partial charge on any atom is -0.387 e. The Bertz CT molecular complexity index is 768. The first-order chi connectivity index (χ1) is 11.9. The average Bonchev–Trinajstić information content (AvgIpc) is 2.79. The van der Waals surface area contributed by atoms with Gasteiger partial charge in [0.2, 0.25) is 0 Å². The molecule has 0 bridgehead atoms. The molecule has 7 N–H and O–H groups in total. The first-order valence-corrected chi connectivity index (χ1v) is 9.98. The monoisotopic (exact) mass is 415 g/mol. The van der Waals surface area contributed by atoms with Crippen molar-refractivity contribution in [3.63, 3.8) is 0 Å². The Balaban J connectivity index is 2.08. The van der Waals surface area contributed by atoms with E-state index in [9.17, 15) is 29.0 Å². The number of aliphatic hydroxyl groups is 2. The molecule has 0 radical (unpaired) electrons. The minimum atomic E-state index is -5.29. The van der Waals surface area contributed by atoms with Crippen LogP contribution >= 0.6 is 15.6 Å². The predicted octanol–water partition coefficient (Wildman–Crippen LogP) is -2.08. The van der Waals surface area contributed by atoms with Crippen LogP contribution in [0.5, 0.6) is 0 Å². The fourth-order valence-electron chi connectivity index (χ4n) is 2.24. The molecule has 1 aliphatic heterocycles. The van der Waals surface area contributed by atoms with Crippen LogP contribution in [0.1, 0.15) is 16.6 Å². The quantitative estimate of drug-likeness (QED) is 0.210. The summed E-state index contributed by atoms with van der Waals surface area (Å²) >= 11 is 0. The molecule has 0 aliphatic carbocycles. The molecule has 2 heterocycles. The molecule has 1 aromatic heterocycles. The van der Waals surface area contributed by atoms with Crippen LogP contribution in [-0.4, -0.2) is 55.7 Å². The van der Waals surface area contributed by atoms with Gasteiger partial charge in [0.25, 0.3) is 12.1 Å². The van der Waals surface area contributed by atoms with Gasteiger partial charge in [-0.05, 0) is 6.07 Å². The molecule has 13 nitrogen and oxygen atoms in total. The standard InChI is InChI=1S/C11H16N2O11P2/c12-10(16)6-2-1-3-13(4-6)11-9(15)8(14)7(23-11)5-22-26(20,21)24-25(17,18)19/h1-4,7-9,11,14-15H,5H2,(H4-,12,16,17,18,19,20,21)/p+1/t7-,8-,9-,11-/m1/s1. The molecule has 146 valence electrons. The Morgan fingerprint density at radius 1 is 1.27 bits per heavy atom. The highest BCUT2D eigenvalue weighted by Gasteiger charge is 2.49. The SMILES string of the molecule is NC(=O)c1ccc[n+]([C@@H]2O[C@H](COP(=O)(O)OP(=O)(O)O)[C@@H](O)[C@H]2O)c1. The maximum absolute atomic E-state index is 11.4. The summed E-state index contributed by atoms with van der Waals surface area (Å²) in [5.74, 6) is -0.733. The molecule has 26 heavy (non-hydrogen) atoms. The van der Waals surface area contributed by atoms with E-state index < -0.39 is 52.7 Å². The number of pyridine rings is 1. The van der Waals surface area contributed by atoms with E-state index in [2.05, 4.69) is 8.83 Å². The van der Waals surface area contributed by atoms with E-state index in [4.69, 9.17) is 20.3 Å². The van der Waals surface area contributed by atoms with Gasteiger partial charge in [-0.3, -0.25) is 9.32 Å². The summed E-state index contributed by atoms with van der Waals surface area (Å²) in [7, 11) is -10.4. The van der Waals surface area contributed by atoms with Crippen LogP contribution in [-0.2, 0) is 22.7 Å².